The van der Waals surface area contributed by atoms with Gasteiger partial charge in [-0.2, -0.15) is 0 Å². The Morgan fingerprint density at radius 3 is 1.57 bits per heavy atom. The van der Waals surface area contributed by atoms with E-state index >= 15 is 0 Å². The fourth-order valence-electron chi connectivity index (χ4n) is 2.30. The molecule has 0 unspecified atom stereocenters. The molecule has 0 N–H and O–H groups in total. The van der Waals surface area contributed by atoms with E-state index in [-0.39, 0.29) is 13.2 Å². The molecular weight excluding hydrogens is 360 g/mol. The highest BCUT2D eigenvalue weighted by atomic mass is 16.6. The molecule has 148 valence electrons. The molecule has 0 spiro atoms. The predicted octanol–water partition coefficient (Wildman–Crippen LogP) is 3.74. The van der Waals surface area contributed by atoms with Crippen LogP contribution in [0.1, 0.15) is 25.0 Å². The molecule has 0 radical (unpaired) electrons. The predicted molar refractivity (Wildman–Crippen MR) is 106 cm³/mol. The van der Waals surface area contributed by atoms with E-state index in [2.05, 4.69) is 0 Å². The van der Waals surface area contributed by atoms with Crippen molar-refractivity contribution >= 4 is 24.1 Å². The van der Waals surface area contributed by atoms with Crippen LogP contribution in [0, 0.1) is 0 Å². The maximum Gasteiger partial charge on any atom is 0.344 e. The highest BCUT2D eigenvalue weighted by Crippen LogP contribution is 2.18. The van der Waals surface area contributed by atoms with Crippen molar-refractivity contribution in [2.75, 3.05) is 26.4 Å². The smallest absolute Gasteiger partial charge is 0.344 e. The molecule has 0 aliphatic carbocycles. The second kappa shape index (κ2) is 11.4. The maximum absolute atomic E-state index is 11.4. The first-order chi connectivity index (χ1) is 13.6. The summed E-state index contributed by atoms with van der Waals surface area (Å²) in [6, 6.07) is 14.8. The van der Waals surface area contributed by atoms with Crippen LogP contribution in [0.2, 0.25) is 0 Å². The summed E-state index contributed by atoms with van der Waals surface area (Å²) in [4.78, 5) is 22.7. The topological polar surface area (TPSA) is 71.1 Å². The highest BCUT2D eigenvalue weighted by Gasteiger charge is 2.04. The van der Waals surface area contributed by atoms with Gasteiger partial charge in [0, 0.05) is 0 Å². The number of carbonyl (C=O) groups is 2. The first kappa shape index (κ1) is 21.0. The van der Waals surface area contributed by atoms with Gasteiger partial charge in [-0.05, 0) is 49.2 Å². The second-order valence-electron chi connectivity index (χ2n) is 5.67. The largest absolute Gasteiger partial charge is 0.482 e. The van der Waals surface area contributed by atoms with Crippen LogP contribution in [-0.2, 0) is 19.1 Å². The Balaban J connectivity index is 1.96. The normalized spacial score (nSPS) is 10.5. The number of ether oxygens (including phenoxy) is 4. The van der Waals surface area contributed by atoms with Crippen LogP contribution < -0.4 is 9.47 Å². The van der Waals surface area contributed by atoms with Crippen molar-refractivity contribution in [2.24, 2.45) is 0 Å². The molecule has 0 aromatic heterocycles. The summed E-state index contributed by atoms with van der Waals surface area (Å²) in [6.07, 6.45) is 3.84. The minimum absolute atomic E-state index is 0.124. The van der Waals surface area contributed by atoms with E-state index in [9.17, 15) is 9.59 Å². The monoisotopic (exact) mass is 384 g/mol. The summed E-state index contributed by atoms with van der Waals surface area (Å²) in [7, 11) is 0. The van der Waals surface area contributed by atoms with Gasteiger partial charge in [-0.15, -0.1) is 0 Å². The van der Waals surface area contributed by atoms with Gasteiger partial charge in [0.05, 0.1) is 13.2 Å². The molecular formula is C22H24O6. The summed E-state index contributed by atoms with van der Waals surface area (Å²) in [6.45, 7) is 3.91. The molecule has 0 saturated carbocycles. The summed E-state index contributed by atoms with van der Waals surface area (Å²) >= 11 is 0. The van der Waals surface area contributed by atoms with E-state index in [1.165, 1.54) is 0 Å². The molecule has 0 bridgehead atoms. The summed E-state index contributed by atoms with van der Waals surface area (Å²) in [5.41, 5.74) is 1.83. The SMILES string of the molecule is CCOC(=O)COc1cccc(/C=C/c2cccc(OCC(=O)OCC)c2)c1. The van der Waals surface area contributed by atoms with Gasteiger partial charge in [0.1, 0.15) is 11.5 Å². The van der Waals surface area contributed by atoms with Crippen molar-refractivity contribution in [2.45, 2.75) is 13.8 Å². The summed E-state index contributed by atoms with van der Waals surface area (Å²) in [5, 5.41) is 0. The minimum Gasteiger partial charge on any atom is -0.482 e. The molecule has 6 heteroatoms. The fraction of sp³-hybridized carbons (Fsp3) is 0.273. The molecule has 0 aliphatic rings. The van der Waals surface area contributed by atoms with Crippen LogP contribution >= 0.6 is 0 Å². The van der Waals surface area contributed by atoms with Gasteiger partial charge >= 0.3 is 11.9 Å². The average Bonchev–Trinajstić information content (AvgIpc) is 2.70. The Hall–Kier alpha value is -3.28. The lowest BCUT2D eigenvalue weighted by Gasteiger charge is -2.07. The zero-order valence-corrected chi connectivity index (χ0v) is 16.1. The van der Waals surface area contributed by atoms with Gasteiger partial charge in [-0.25, -0.2) is 9.59 Å². The maximum atomic E-state index is 11.4. The van der Waals surface area contributed by atoms with E-state index in [1.807, 2.05) is 48.6 Å². The Bertz CT molecular complexity index is 745. The lowest BCUT2D eigenvalue weighted by Crippen LogP contribution is -2.14. The van der Waals surface area contributed by atoms with Gasteiger partial charge in [-0.1, -0.05) is 36.4 Å². The Morgan fingerprint density at radius 1 is 0.750 bits per heavy atom. The molecule has 0 heterocycles. The Labute approximate surface area is 164 Å². The molecule has 0 saturated heterocycles. The van der Waals surface area contributed by atoms with E-state index in [0.717, 1.165) is 11.1 Å². The minimum atomic E-state index is -0.400. The van der Waals surface area contributed by atoms with Crippen LogP contribution in [0.15, 0.2) is 48.5 Å². The number of esters is 2. The molecule has 0 atom stereocenters. The highest BCUT2D eigenvalue weighted by molar-refractivity contribution is 5.73. The van der Waals surface area contributed by atoms with Gasteiger partial charge in [0.25, 0.3) is 0 Å². The number of benzene rings is 2. The van der Waals surface area contributed by atoms with Crippen molar-refractivity contribution in [1.29, 1.82) is 0 Å². The van der Waals surface area contributed by atoms with Crippen LogP contribution in [0.5, 0.6) is 11.5 Å². The Kier molecular flexibility index (Phi) is 8.59. The molecule has 6 nitrogen and oxygen atoms in total. The van der Waals surface area contributed by atoms with Crippen molar-refractivity contribution in [3.8, 4) is 11.5 Å². The number of carbonyl (C=O) groups excluding carboxylic acids is 2. The third-order valence-electron chi connectivity index (χ3n) is 3.51. The first-order valence-corrected chi connectivity index (χ1v) is 9.05. The fourth-order valence-corrected chi connectivity index (χ4v) is 2.30. The van der Waals surface area contributed by atoms with Crippen LogP contribution in [0.25, 0.3) is 12.2 Å². The standard InChI is InChI=1S/C22H24O6/c1-3-25-21(23)15-27-19-9-5-7-17(13-19)11-12-18-8-6-10-20(14-18)28-16-22(24)26-4-2/h5-14H,3-4,15-16H2,1-2H3/b12-11+. The zero-order valence-electron chi connectivity index (χ0n) is 16.1. The third kappa shape index (κ3) is 7.53. The van der Waals surface area contributed by atoms with E-state index in [0.29, 0.717) is 24.7 Å². The van der Waals surface area contributed by atoms with Crippen LogP contribution in [0.3, 0.4) is 0 Å². The van der Waals surface area contributed by atoms with Gasteiger partial charge in [0.15, 0.2) is 13.2 Å². The van der Waals surface area contributed by atoms with Gasteiger partial charge < -0.3 is 18.9 Å². The van der Waals surface area contributed by atoms with E-state index in [4.69, 9.17) is 18.9 Å². The van der Waals surface area contributed by atoms with Crippen molar-refractivity contribution in [1.82, 2.24) is 0 Å². The summed E-state index contributed by atoms with van der Waals surface area (Å²) < 4.78 is 20.5. The molecule has 0 fully saturated rings. The van der Waals surface area contributed by atoms with Crippen molar-refractivity contribution in [3.63, 3.8) is 0 Å². The lowest BCUT2D eigenvalue weighted by molar-refractivity contribution is -0.146. The van der Waals surface area contributed by atoms with Crippen LogP contribution in [-0.4, -0.2) is 38.4 Å². The van der Waals surface area contributed by atoms with Crippen molar-refractivity contribution in [3.05, 3.63) is 59.7 Å². The number of rotatable bonds is 10. The summed E-state index contributed by atoms with van der Waals surface area (Å²) in [5.74, 6) is 0.370. The second-order valence-corrected chi connectivity index (χ2v) is 5.67. The third-order valence-corrected chi connectivity index (χ3v) is 3.51. The Morgan fingerprint density at radius 2 is 1.18 bits per heavy atom. The number of hydrogen-bond donors (Lipinski definition) is 0. The first-order valence-electron chi connectivity index (χ1n) is 9.05. The quantitative estimate of drug-likeness (QED) is 0.459. The molecule has 2 aromatic rings. The molecule has 0 aliphatic heterocycles. The molecule has 2 aromatic carbocycles. The van der Waals surface area contributed by atoms with Crippen LogP contribution in [0.4, 0.5) is 0 Å². The number of hydrogen-bond acceptors (Lipinski definition) is 6. The molecule has 28 heavy (non-hydrogen) atoms. The van der Waals surface area contributed by atoms with Crippen molar-refractivity contribution < 1.29 is 28.5 Å². The van der Waals surface area contributed by atoms with E-state index < -0.39 is 11.9 Å². The van der Waals surface area contributed by atoms with Gasteiger partial charge in [-0.3, -0.25) is 0 Å². The van der Waals surface area contributed by atoms with Gasteiger partial charge in [0.2, 0.25) is 0 Å². The average molecular weight is 384 g/mol. The molecule has 0 amide bonds. The van der Waals surface area contributed by atoms with E-state index in [1.54, 1.807) is 26.0 Å². The molecule has 2 rings (SSSR count). The zero-order chi connectivity index (χ0) is 20.2. The lowest BCUT2D eigenvalue weighted by atomic mass is 10.1.